The van der Waals surface area contributed by atoms with Gasteiger partial charge in [0.05, 0.1) is 20.0 Å². The van der Waals surface area contributed by atoms with Crippen LogP contribution in [0.3, 0.4) is 0 Å². The van der Waals surface area contributed by atoms with E-state index in [1.54, 1.807) is 0 Å². The number of nitrogens with zero attached hydrogens (tertiary/aromatic N) is 1. The molecule has 0 aliphatic carbocycles. The molecular formula is C8H18KNO4S2. The third-order valence-electron chi connectivity index (χ3n) is 1.74. The summed E-state index contributed by atoms with van der Waals surface area (Å²) in [5.74, 6) is -0.371. The van der Waals surface area contributed by atoms with E-state index in [1.807, 2.05) is 13.8 Å². The number of rotatable bonds is 8. The maximum Gasteiger partial charge on any atom is 1.00 e. The zero-order valence-corrected chi connectivity index (χ0v) is 14.9. The van der Waals surface area contributed by atoms with Crippen LogP contribution in [0.1, 0.15) is 39.5 Å². The van der Waals surface area contributed by atoms with Crippen molar-refractivity contribution in [1.29, 1.82) is 0 Å². The third kappa shape index (κ3) is 10.6. The van der Waals surface area contributed by atoms with Gasteiger partial charge in [0.1, 0.15) is 0 Å². The van der Waals surface area contributed by atoms with Gasteiger partial charge in [-0.1, -0.05) is 26.7 Å². The summed E-state index contributed by atoms with van der Waals surface area (Å²) in [6.45, 7) is 3.67. The fourth-order valence-electron chi connectivity index (χ4n) is 0.901. The van der Waals surface area contributed by atoms with E-state index < -0.39 is 20.0 Å². The van der Waals surface area contributed by atoms with Crippen LogP contribution in [0.2, 0.25) is 0 Å². The summed E-state index contributed by atoms with van der Waals surface area (Å²) in [6.07, 6.45) is 2.28. The number of unbranched alkanes of at least 4 members (excludes halogenated alkanes) is 2. The van der Waals surface area contributed by atoms with Crippen LogP contribution in [0, 0.1) is 0 Å². The molecule has 0 fully saturated rings. The first-order valence-corrected chi connectivity index (χ1v) is 8.24. The van der Waals surface area contributed by atoms with Gasteiger partial charge in [-0.15, -0.1) is 0 Å². The maximum absolute atomic E-state index is 11.2. The summed E-state index contributed by atoms with van der Waals surface area (Å²) in [6, 6.07) is 0. The van der Waals surface area contributed by atoms with Gasteiger partial charge >= 0.3 is 51.4 Å². The molecule has 0 saturated carbocycles. The zero-order chi connectivity index (χ0) is 11.9. The molecule has 0 aromatic rings. The molecule has 92 valence electrons. The van der Waals surface area contributed by atoms with Crippen molar-refractivity contribution < 1.29 is 68.2 Å². The van der Waals surface area contributed by atoms with Crippen LogP contribution in [0.15, 0.2) is 0 Å². The van der Waals surface area contributed by atoms with Crippen molar-refractivity contribution in [3.05, 3.63) is 4.13 Å². The Morgan fingerprint density at radius 2 is 1.12 bits per heavy atom. The van der Waals surface area contributed by atoms with Gasteiger partial charge in [-0.3, -0.25) is 0 Å². The molecule has 0 bridgehead atoms. The molecule has 0 N–H and O–H groups in total. The van der Waals surface area contributed by atoms with Gasteiger partial charge in [0.15, 0.2) is 0 Å². The van der Waals surface area contributed by atoms with Gasteiger partial charge in [-0.25, -0.2) is 16.8 Å². The summed E-state index contributed by atoms with van der Waals surface area (Å²) in [5.41, 5.74) is 0. The monoisotopic (exact) mass is 295 g/mol. The van der Waals surface area contributed by atoms with Gasteiger partial charge in [-0.05, 0) is 12.8 Å². The second-order valence-electron chi connectivity index (χ2n) is 3.35. The average Bonchev–Trinajstić information content (AvgIpc) is 2.10. The average molecular weight is 295 g/mol. The quantitative estimate of drug-likeness (QED) is 0.517. The molecule has 0 heterocycles. The van der Waals surface area contributed by atoms with Crippen LogP contribution in [0.25, 0.3) is 4.13 Å². The molecule has 0 aromatic heterocycles. The molecule has 8 heteroatoms. The smallest absolute Gasteiger partial charge is 0.436 e. The molecule has 0 amide bonds. The Labute approximate surface area is 141 Å². The number of sulfonamides is 2. The summed E-state index contributed by atoms with van der Waals surface area (Å²) < 4.78 is 47.8. The minimum absolute atomic E-state index is 0. The fourth-order valence-corrected chi connectivity index (χ4v) is 4.19. The first-order valence-electron chi connectivity index (χ1n) is 5.02. The van der Waals surface area contributed by atoms with Crippen LogP contribution < -0.4 is 51.4 Å². The molecule has 0 aliphatic heterocycles. The largest absolute Gasteiger partial charge is 1.00 e. The SMILES string of the molecule is CCCCS(=O)(=O)[N-]S(=O)(=O)CCCC.[K+]. The number of hydrogen-bond donors (Lipinski definition) is 0. The van der Waals surface area contributed by atoms with Crippen molar-refractivity contribution >= 4 is 20.0 Å². The summed E-state index contributed by atoms with van der Waals surface area (Å²) >= 11 is 0. The Morgan fingerprint density at radius 1 is 0.812 bits per heavy atom. The minimum Gasteiger partial charge on any atom is -0.436 e. The molecular weight excluding hydrogens is 277 g/mol. The molecule has 5 nitrogen and oxygen atoms in total. The zero-order valence-electron chi connectivity index (χ0n) is 10.1. The molecule has 0 aliphatic rings. The van der Waals surface area contributed by atoms with Crippen LogP contribution >= 0.6 is 0 Å². The molecule has 16 heavy (non-hydrogen) atoms. The van der Waals surface area contributed by atoms with E-state index >= 15 is 0 Å². The molecule has 0 aromatic carbocycles. The summed E-state index contributed by atoms with van der Waals surface area (Å²) in [5, 5.41) is 0. The standard InChI is InChI=1S/C8H18NO4S2.K/c1-3-5-7-14(10,11)9-15(12,13)8-6-4-2;/h3-8H2,1-2H3;/q-1;+1. The predicted octanol–water partition coefficient (Wildman–Crippen LogP) is -1.38. The Balaban J connectivity index is 0. The predicted molar refractivity (Wildman–Crippen MR) is 60.7 cm³/mol. The Kier molecular flexibility index (Phi) is 11.7. The molecule has 0 spiro atoms. The Morgan fingerprint density at radius 3 is 1.38 bits per heavy atom. The van der Waals surface area contributed by atoms with E-state index in [0.717, 1.165) is 0 Å². The van der Waals surface area contributed by atoms with E-state index in [2.05, 4.69) is 4.13 Å². The van der Waals surface area contributed by atoms with Crippen molar-refractivity contribution in [3.8, 4) is 0 Å². The van der Waals surface area contributed by atoms with E-state index in [1.165, 1.54) is 0 Å². The van der Waals surface area contributed by atoms with Crippen molar-refractivity contribution in [2.24, 2.45) is 0 Å². The van der Waals surface area contributed by atoms with Crippen LogP contribution in [0.4, 0.5) is 0 Å². The van der Waals surface area contributed by atoms with Crippen molar-refractivity contribution in [2.75, 3.05) is 11.5 Å². The van der Waals surface area contributed by atoms with E-state index in [0.29, 0.717) is 25.7 Å². The molecule has 0 atom stereocenters. The second kappa shape index (κ2) is 9.43. The first-order chi connectivity index (χ1) is 6.83. The van der Waals surface area contributed by atoms with Crippen LogP contribution in [-0.4, -0.2) is 28.3 Å². The summed E-state index contributed by atoms with van der Waals surface area (Å²) in [4.78, 5) is 0. The Bertz CT molecular complexity index is 327. The molecule has 0 unspecified atom stereocenters. The summed E-state index contributed by atoms with van der Waals surface area (Å²) in [7, 11) is -7.59. The third-order valence-corrected chi connectivity index (χ3v) is 5.16. The van der Waals surface area contributed by atoms with Crippen molar-refractivity contribution in [3.63, 3.8) is 0 Å². The second-order valence-corrected chi connectivity index (χ2v) is 7.09. The number of hydrogen-bond acceptors (Lipinski definition) is 4. The fraction of sp³-hybridized carbons (Fsp3) is 1.00. The van der Waals surface area contributed by atoms with E-state index in [-0.39, 0.29) is 62.9 Å². The topological polar surface area (TPSA) is 82.4 Å². The van der Waals surface area contributed by atoms with Crippen LogP contribution in [-0.2, 0) is 20.0 Å². The van der Waals surface area contributed by atoms with Gasteiger partial charge in [0.2, 0.25) is 0 Å². The van der Waals surface area contributed by atoms with Gasteiger partial charge in [0, 0.05) is 11.5 Å². The maximum atomic E-state index is 11.2. The normalized spacial score (nSPS) is 12.1. The van der Waals surface area contributed by atoms with Gasteiger partial charge in [0.25, 0.3) is 0 Å². The van der Waals surface area contributed by atoms with Gasteiger partial charge < -0.3 is 4.13 Å². The Hall–Kier alpha value is 1.50. The van der Waals surface area contributed by atoms with E-state index in [4.69, 9.17) is 0 Å². The van der Waals surface area contributed by atoms with Crippen LogP contribution in [0.5, 0.6) is 0 Å². The minimum atomic E-state index is -3.79. The van der Waals surface area contributed by atoms with E-state index in [9.17, 15) is 16.8 Å². The van der Waals surface area contributed by atoms with Gasteiger partial charge in [-0.2, -0.15) is 0 Å². The molecule has 0 saturated heterocycles. The first kappa shape index (κ1) is 19.8. The van der Waals surface area contributed by atoms with Crippen molar-refractivity contribution in [1.82, 2.24) is 0 Å². The van der Waals surface area contributed by atoms with Crippen molar-refractivity contribution in [2.45, 2.75) is 39.5 Å². The molecule has 0 rings (SSSR count). The molecule has 0 radical (unpaired) electrons.